The van der Waals surface area contributed by atoms with Crippen molar-refractivity contribution < 1.29 is 10.2 Å². The van der Waals surface area contributed by atoms with Gasteiger partial charge in [0.25, 0.3) is 0 Å². The molecule has 1 fully saturated rings. The molecule has 1 aliphatic heterocycles. The van der Waals surface area contributed by atoms with Crippen molar-refractivity contribution in [3.63, 3.8) is 0 Å². The second-order valence-electron chi connectivity index (χ2n) is 3.08. The lowest BCUT2D eigenvalue weighted by atomic mass is 9.98. The quantitative estimate of drug-likeness (QED) is 0.646. The van der Waals surface area contributed by atoms with Crippen LogP contribution in [0, 0.1) is 0 Å². The van der Waals surface area contributed by atoms with Crippen LogP contribution in [0.1, 0.15) is 18.0 Å². The van der Waals surface area contributed by atoms with Crippen LogP contribution in [0.5, 0.6) is 11.5 Å². The topological polar surface area (TPSA) is 52.5 Å². The lowest BCUT2D eigenvalue weighted by Crippen LogP contribution is -2.34. The van der Waals surface area contributed by atoms with Gasteiger partial charge in [0.2, 0.25) is 0 Å². The van der Waals surface area contributed by atoms with E-state index in [4.69, 9.17) is 0 Å². The first-order valence-corrected chi connectivity index (χ1v) is 4.02. The van der Waals surface area contributed by atoms with Crippen LogP contribution < -0.4 is 5.32 Å². The average Bonchev–Trinajstić information content (AvgIpc) is 1.79. The summed E-state index contributed by atoms with van der Waals surface area (Å²) in [6, 6.07) is 5.00. The molecule has 0 amide bonds. The van der Waals surface area contributed by atoms with Crippen molar-refractivity contribution in [2.75, 3.05) is 6.54 Å². The molecule has 0 unspecified atom stereocenters. The number of hydrogen-bond acceptors (Lipinski definition) is 3. The van der Waals surface area contributed by atoms with Crippen LogP contribution in [-0.4, -0.2) is 16.8 Å². The van der Waals surface area contributed by atoms with E-state index in [-0.39, 0.29) is 23.9 Å². The van der Waals surface area contributed by atoms with Crippen molar-refractivity contribution in [1.29, 1.82) is 0 Å². The third-order valence-corrected chi connectivity index (χ3v) is 2.15. The molecule has 4 heteroatoms. The highest BCUT2D eigenvalue weighted by molar-refractivity contribution is 5.85. The zero-order valence-electron chi connectivity index (χ0n) is 7.03. The summed E-state index contributed by atoms with van der Waals surface area (Å²) in [4.78, 5) is 0. The molecule has 0 aliphatic carbocycles. The van der Waals surface area contributed by atoms with Crippen molar-refractivity contribution >= 4 is 12.4 Å². The second-order valence-corrected chi connectivity index (χ2v) is 3.08. The predicted octanol–water partition coefficient (Wildman–Crippen LogP) is 1.55. The summed E-state index contributed by atoms with van der Waals surface area (Å²) in [5.41, 5.74) is 0.957. The summed E-state index contributed by atoms with van der Waals surface area (Å²) in [6.45, 7) is 1.01. The summed E-state index contributed by atoms with van der Waals surface area (Å²) >= 11 is 0. The van der Waals surface area contributed by atoms with Crippen molar-refractivity contribution in [1.82, 2.24) is 5.32 Å². The zero-order valence-corrected chi connectivity index (χ0v) is 7.84. The molecule has 0 bridgehead atoms. The molecule has 1 heterocycles. The Bertz CT molecular complexity index is 279. The first-order chi connectivity index (χ1) is 5.75. The molecular formula is C9H12ClNO2. The van der Waals surface area contributed by atoms with Gasteiger partial charge in [-0.05, 0) is 30.7 Å². The van der Waals surface area contributed by atoms with Gasteiger partial charge in [0.1, 0.15) is 11.5 Å². The number of rotatable bonds is 1. The summed E-state index contributed by atoms with van der Waals surface area (Å²) in [5, 5.41) is 21.5. The molecule has 1 aromatic carbocycles. The summed E-state index contributed by atoms with van der Waals surface area (Å²) in [5.74, 6) is 0.248. The number of nitrogens with one attached hydrogen (secondary N) is 1. The Morgan fingerprint density at radius 1 is 1.15 bits per heavy atom. The van der Waals surface area contributed by atoms with E-state index < -0.39 is 0 Å². The lowest BCUT2D eigenvalue weighted by Gasteiger charge is -2.28. The van der Waals surface area contributed by atoms with Gasteiger partial charge < -0.3 is 15.5 Å². The predicted molar refractivity (Wildman–Crippen MR) is 52.4 cm³/mol. The first kappa shape index (κ1) is 10.2. The normalized spacial score (nSPS) is 20.2. The van der Waals surface area contributed by atoms with Crippen LogP contribution in [0.4, 0.5) is 0 Å². The molecule has 0 aromatic heterocycles. The maximum atomic E-state index is 9.17. The van der Waals surface area contributed by atoms with E-state index in [1.54, 1.807) is 12.1 Å². The van der Waals surface area contributed by atoms with Gasteiger partial charge in [-0.3, -0.25) is 0 Å². The van der Waals surface area contributed by atoms with Crippen LogP contribution in [0.25, 0.3) is 0 Å². The number of benzene rings is 1. The molecular weight excluding hydrogens is 190 g/mol. The monoisotopic (exact) mass is 201 g/mol. The second kappa shape index (κ2) is 3.85. The molecule has 1 aliphatic rings. The Morgan fingerprint density at radius 3 is 2.08 bits per heavy atom. The van der Waals surface area contributed by atoms with E-state index in [1.807, 2.05) is 0 Å². The standard InChI is InChI=1S/C9H11NO2.ClH/c11-7-3-6(4-8(12)5-7)9-1-2-10-9;/h3-5,9-12H,1-2H2;1H/t9-;/m1./s1. The molecule has 1 aromatic rings. The first-order valence-electron chi connectivity index (χ1n) is 4.02. The maximum Gasteiger partial charge on any atom is 0.119 e. The van der Waals surface area contributed by atoms with Crippen LogP contribution in [-0.2, 0) is 0 Å². The summed E-state index contributed by atoms with van der Waals surface area (Å²) in [7, 11) is 0. The van der Waals surface area contributed by atoms with Crippen molar-refractivity contribution in [3.8, 4) is 11.5 Å². The molecule has 1 atom stereocenters. The van der Waals surface area contributed by atoms with Gasteiger partial charge in [-0.1, -0.05) is 0 Å². The minimum Gasteiger partial charge on any atom is -0.508 e. The molecule has 0 saturated carbocycles. The van der Waals surface area contributed by atoms with Gasteiger partial charge >= 0.3 is 0 Å². The minimum atomic E-state index is 0. The maximum absolute atomic E-state index is 9.17. The van der Waals surface area contributed by atoms with Crippen molar-refractivity contribution in [3.05, 3.63) is 23.8 Å². The van der Waals surface area contributed by atoms with Gasteiger partial charge in [-0.15, -0.1) is 12.4 Å². The van der Waals surface area contributed by atoms with E-state index in [0.717, 1.165) is 18.5 Å². The van der Waals surface area contributed by atoms with E-state index in [1.165, 1.54) is 6.07 Å². The fourth-order valence-corrected chi connectivity index (χ4v) is 1.39. The fraction of sp³-hybridized carbons (Fsp3) is 0.333. The number of phenols is 2. The molecule has 1 saturated heterocycles. The number of halogens is 1. The van der Waals surface area contributed by atoms with Gasteiger partial charge in [-0.2, -0.15) is 0 Å². The molecule has 72 valence electrons. The third kappa shape index (κ3) is 2.05. The van der Waals surface area contributed by atoms with E-state index in [0.29, 0.717) is 6.04 Å². The number of aromatic hydroxyl groups is 2. The largest absolute Gasteiger partial charge is 0.508 e. The van der Waals surface area contributed by atoms with Crippen LogP contribution in [0.3, 0.4) is 0 Å². The Labute approximate surface area is 82.8 Å². The smallest absolute Gasteiger partial charge is 0.119 e. The molecule has 2 rings (SSSR count). The van der Waals surface area contributed by atoms with Gasteiger partial charge in [0, 0.05) is 12.1 Å². The lowest BCUT2D eigenvalue weighted by molar-refractivity contribution is 0.377. The Hall–Kier alpha value is -0.930. The molecule has 3 N–H and O–H groups in total. The highest BCUT2D eigenvalue weighted by Crippen LogP contribution is 2.29. The zero-order chi connectivity index (χ0) is 8.55. The molecule has 0 radical (unpaired) electrons. The Balaban J connectivity index is 0.000000845. The minimum absolute atomic E-state index is 0. The van der Waals surface area contributed by atoms with Crippen molar-refractivity contribution in [2.45, 2.75) is 12.5 Å². The van der Waals surface area contributed by atoms with E-state index >= 15 is 0 Å². The number of hydrogen-bond donors (Lipinski definition) is 3. The summed E-state index contributed by atoms with van der Waals surface area (Å²) < 4.78 is 0. The summed E-state index contributed by atoms with van der Waals surface area (Å²) in [6.07, 6.45) is 1.07. The van der Waals surface area contributed by atoms with Crippen LogP contribution in [0.15, 0.2) is 18.2 Å². The Kier molecular flexibility index (Phi) is 3.01. The molecule has 0 spiro atoms. The van der Waals surface area contributed by atoms with Gasteiger partial charge in [-0.25, -0.2) is 0 Å². The molecule has 3 nitrogen and oxygen atoms in total. The van der Waals surface area contributed by atoms with Crippen LogP contribution in [0.2, 0.25) is 0 Å². The van der Waals surface area contributed by atoms with E-state index in [9.17, 15) is 10.2 Å². The van der Waals surface area contributed by atoms with Crippen molar-refractivity contribution in [2.24, 2.45) is 0 Å². The van der Waals surface area contributed by atoms with E-state index in [2.05, 4.69) is 5.32 Å². The SMILES string of the molecule is Cl.Oc1cc(O)cc([C@H]2CCN2)c1. The van der Waals surface area contributed by atoms with Crippen LogP contribution >= 0.6 is 12.4 Å². The fourth-order valence-electron chi connectivity index (χ4n) is 1.39. The van der Waals surface area contributed by atoms with Gasteiger partial charge in [0.15, 0.2) is 0 Å². The number of phenolic OH excluding ortho intramolecular Hbond substituents is 2. The third-order valence-electron chi connectivity index (χ3n) is 2.15. The average molecular weight is 202 g/mol. The highest BCUT2D eigenvalue weighted by atomic mass is 35.5. The Morgan fingerprint density at radius 2 is 1.69 bits per heavy atom. The molecule has 13 heavy (non-hydrogen) atoms. The highest BCUT2D eigenvalue weighted by Gasteiger charge is 2.19. The van der Waals surface area contributed by atoms with Gasteiger partial charge in [0.05, 0.1) is 0 Å².